The zero-order valence-electron chi connectivity index (χ0n) is 15.7. The number of piperidine rings is 1. The van der Waals surface area contributed by atoms with Crippen LogP contribution in [0.3, 0.4) is 0 Å². The maximum Gasteiger partial charge on any atom is 0.340 e. The molecule has 0 aromatic rings. The molecule has 6 nitrogen and oxygen atoms in total. The number of esters is 1. The van der Waals surface area contributed by atoms with Gasteiger partial charge in [0.25, 0.3) is 0 Å². The van der Waals surface area contributed by atoms with E-state index in [0.717, 1.165) is 30.8 Å². The first-order valence-electron chi connectivity index (χ1n) is 9.19. The summed E-state index contributed by atoms with van der Waals surface area (Å²) in [5.41, 5.74) is 2.75. The normalized spacial score (nSPS) is 17.2. The van der Waals surface area contributed by atoms with E-state index in [4.69, 9.17) is 4.74 Å². The number of aromatic nitrogens is 1. The van der Waals surface area contributed by atoms with Crippen molar-refractivity contribution >= 4 is 17.6 Å². The fourth-order valence-electron chi connectivity index (χ4n) is 3.71. The van der Waals surface area contributed by atoms with Crippen molar-refractivity contribution in [2.75, 3.05) is 31.6 Å². The van der Waals surface area contributed by atoms with Gasteiger partial charge in [0.2, 0.25) is 5.91 Å². The van der Waals surface area contributed by atoms with Crippen LogP contribution in [0.5, 0.6) is 0 Å². The summed E-state index contributed by atoms with van der Waals surface area (Å²) in [7, 11) is 0. The molecule has 3 rings (SSSR count). The van der Waals surface area contributed by atoms with E-state index in [-0.39, 0.29) is 11.3 Å². The molecule has 0 radical (unpaired) electrons. The molecule has 26 heavy (non-hydrogen) atoms. The van der Waals surface area contributed by atoms with Crippen molar-refractivity contribution in [3.05, 3.63) is 30.0 Å². The Morgan fingerprint density at radius 2 is 2.19 bits per heavy atom. The van der Waals surface area contributed by atoms with Crippen LogP contribution in [0.25, 0.3) is 11.3 Å². The van der Waals surface area contributed by atoms with Crippen LogP contribution in [0, 0.1) is 5.41 Å². The number of hydrogen-bond donors (Lipinski definition) is 2. The molecule has 0 bridgehead atoms. The molecule has 0 aromatic carbocycles. The van der Waals surface area contributed by atoms with E-state index in [9.17, 15) is 9.59 Å². The summed E-state index contributed by atoms with van der Waals surface area (Å²) >= 11 is 0. The zero-order valence-corrected chi connectivity index (χ0v) is 15.7. The third-order valence-corrected chi connectivity index (χ3v) is 4.82. The highest BCUT2D eigenvalue weighted by atomic mass is 16.5. The average molecular weight is 357 g/mol. The number of nitrogens with zero attached hydrogens (tertiary/aromatic N) is 1. The Hall–Kier alpha value is -2.34. The molecule has 0 aromatic heterocycles. The van der Waals surface area contributed by atoms with Crippen molar-refractivity contribution in [3.8, 4) is 11.3 Å². The molecule has 1 amide bonds. The van der Waals surface area contributed by atoms with Gasteiger partial charge in [0.05, 0.1) is 24.4 Å². The van der Waals surface area contributed by atoms with Crippen LogP contribution in [0.2, 0.25) is 0 Å². The summed E-state index contributed by atoms with van der Waals surface area (Å²) in [4.78, 5) is 30.2. The molecule has 2 N–H and O–H groups in total. The van der Waals surface area contributed by atoms with Gasteiger partial charge in [0.15, 0.2) is 0 Å². The van der Waals surface area contributed by atoms with Crippen molar-refractivity contribution < 1.29 is 14.3 Å². The van der Waals surface area contributed by atoms with Crippen LogP contribution in [0.1, 0.15) is 44.0 Å². The zero-order chi connectivity index (χ0) is 18.7. The predicted octanol–water partition coefficient (Wildman–Crippen LogP) is 3.36. The molecular weight excluding hydrogens is 330 g/mol. The first-order chi connectivity index (χ1) is 12.4. The second-order valence-corrected chi connectivity index (χ2v) is 7.68. The number of rotatable bonds is 5. The summed E-state index contributed by atoms with van der Waals surface area (Å²) in [6, 6.07) is 5.46. The van der Waals surface area contributed by atoms with E-state index < -0.39 is 5.97 Å². The molecular formula is C20H27N3O3. The lowest BCUT2D eigenvalue weighted by molar-refractivity contribution is -0.118. The van der Waals surface area contributed by atoms with Crippen molar-refractivity contribution in [3.63, 3.8) is 0 Å². The number of aromatic amines is 1. The lowest BCUT2D eigenvalue weighted by Gasteiger charge is -2.37. The van der Waals surface area contributed by atoms with Crippen molar-refractivity contribution in [2.45, 2.75) is 33.6 Å². The Bertz CT molecular complexity index is 766. The number of nitrogens with one attached hydrogen (secondary N) is 2. The molecule has 2 aliphatic heterocycles. The third kappa shape index (κ3) is 4.07. The van der Waals surface area contributed by atoms with Crippen molar-refractivity contribution in [1.82, 2.24) is 9.88 Å². The largest absolute Gasteiger partial charge is 0.462 e. The highest BCUT2D eigenvalue weighted by Gasteiger charge is 2.28. The molecule has 140 valence electrons. The minimum atomic E-state index is -0.425. The molecule has 1 aliphatic carbocycles. The Morgan fingerprint density at radius 3 is 2.92 bits per heavy atom. The fraction of sp³-hybridized carbons (Fsp3) is 0.500. The highest BCUT2D eigenvalue weighted by Crippen LogP contribution is 2.35. The number of amides is 1. The number of ether oxygens (including phenoxy) is 1. The van der Waals surface area contributed by atoms with Gasteiger partial charge < -0.3 is 15.0 Å². The van der Waals surface area contributed by atoms with E-state index in [0.29, 0.717) is 24.4 Å². The topological polar surface area (TPSA) is 74.4 Å². The van der Waals surface area contributed by atoms with Gasteiger partial charge >= 0.3 is 5.97 Å². The molecule has 1 saturated heterocycles. The van der Waals surface area contributed by atoms with Gasteiger partial charge in [-0.15, -0.1) is 0 Å². The summed E-state index contributed by atoms with van der Waals surface area (Å²) in [6.07, 6.45) is 4.07. The van der Waals surface area contributed by atoms with E-state index in [1.165, 1.54) is 6.42 Å². The molecule has 2 heterocycles. The second kappa shape index (κ2) is 7.50. The molecule has 0 spiro atoms. The number of H-pyrrole nitrogens is 1. The van der Waals surface area contributed by atoms with Gasteiger partial charge in [-0.25, -0.2) is 4.79 Å². The standard InChI is InChI=1S/C20H27N3O3/c1-4-26-19(25)15-11-16-14(7-5-9-21-16)18(15)22-17(24)12-23-10-6-8-20(2,3)13-23/h5,7,9,11,21H,4,6,8,10,12-13H2,1-3H3,(H,22,24). The van der Waals surface area contributed by atoms with E-state index >= 15 is 0 Å². The number of carbonyl (C=O) groups is 2. The van der Waals surface area contributed by atoms with Gasteiger partial charge in [-0.05, 0) is 49.9 Å². The summed E-state index contributed by atoms with van der Waals surface area (Å²) in [5, 5.41) is 2.95. The smallest absolute Gasteiger partial charge is 0.340 e. The number of pyridine rings is 1. The number of likely N-dealkylation sites (tertiary alicyclic amines) is 1. The number of carbonyl (C=O) groups excluding carboxylic acids is 2. The van der Waals surface area contributed by atoms with Crippen LogP contribution in [-0.4, -0.2) is 48.0 Å². The van der Waals surface area contributed by atoms with Crippen molar-refractivity contribution in [1.29, 1.82) is 0 Å². The number of anilines is 1. The average Bonchev–Trinajstić information content (AvgIpc) is 2.93. The van der Waals surface area contributed by atoms with Crippen LogP contribution in [-0.2, 0) is 9.53 Å². The molecule has 0 saturated carbocycles. The predicted molar refractivity (Wildman–Crippen MR) is 101 cm³/mol. The van der Waals surface area contributed by atoms with Gasteiger partial charge in [-0.2, -0.15) is 0 Å². The first-order valence-corrected chi connectivity index (χ1v) is 9.19. The van der Waals surface area contributed by atoms with Gasteiger partial charge in [0.1, 0.15) is 0 Å². The molecule has 3 aliphatic rings. The summed E-state index contributed by atoms with van der Waals surface area (Å²) in [5.74, 6) is -0.531. The molecule has 1 fully saturated rings. The van der Waals surface area contributed by atoms with E-state index in [1.807, 2.05) is 12.1 Å². The Balaban J connectivity index is 1.78. The van der Waals surface area contributed by atoms with Crippen molar-refractivity contribution in [2.24, 2.45) is 5.41 Å². The van der Waals surface area contributed by atoms with E-state index in [1.54, 1.807) is 19.2 Å². The minimum absolute atomic E-state index is 0.107. The second-order valence-electron chi connectivity index (χ2n) is 7.68. The number of fused-ring (bicyclic) bond motifs is 1. The monoisotopic (exact) mass is 357 g/mol. The van der Waals surface area contributed by atoms with Gasteiger partial charge in [-0.3, -0.25) is 9.69 Å². The number of hydrogen-bond acceptors (Lipinski definition) is 4. The molecule has 0 atom stereocenters. The van der Waals surface area contributed by atoms with Crippen LogP contribution < -0.4 is 5.32 Å². The molecule has 6 heteroatoms. The Kier molecular flexibility index (Phi) is 5.32. The van der Waals surface area contributed by atoms with Crippen LogP contribution in [0.15, 0.2) is 24.4 Å². The first kappa shape index (κ1) is 18.5. The van der Waals surface area contributed by atoms with Crippen LogP contribution >= 0.6 is 0 Å². The minimum Gasteiger partial charge on any atom is -0.462 e. The van der Waals surface area contributed by atoms with Gasteiger partial charge in [-0.1, -0.05) is 13.8 Å². The lowest BCUT2D eigenvalue weighted by atomic mass is 9.84. The van der Waals surface area contributed by atoms with Crippen LogP contribution in [0.4, 0.5) is 5.69 Å². The summed E-state index contributed by atoms with van der Waals surface area (Å²) < 4.78 is 5.14. The quantitative estimate of drug-likeness (QED) is 0.805. The maximum absolute atomic E-state index is 12.7. The molecule has 0 unspecified atom stereocenters. The Labute approximate surface area is 154 Å². The SMILES string of the molecule is CCOC(=O)c1cc2[nH]cccc-2c1NC(=O)CN1CCCC(C)(C)C1. The van der Waals surface area contributed by atoms with Gasteiger partial charge in [0, 0.05) is 24.0 Å². The Morgan fingerprint density at radius 1 is 1.38 bits per heavy atom. The maximum atomic E-state index is 12.7. The third-order valence-electron chi connectivity index (χ3n) is 4.82. The lowest BCUT2D eigenvalue weighted by Crippen LogP contribution is -2.43. The highest BCUT2D eigenvalue weighted by molar-refractivity contribution is 6.08. The fourth-order valence-corrected chi connectivity index (χ4v) is 3.71. The summed E-state index contributed by atoms with van der Waals surface area (Å²) in [6.45, 7) is 8.68. The van der Waals surface area contributed by atoms with E-state index in [2.05, 4.69) is 29.0 Å².